The first kappa shape index (κ1) is 15.2. The van der Waals surface area contributed by atoms with Crippen LogP contribution >= 0.6 is 0 Å². The summed E-state index contributed by atoms with van der Waals surface area (Å²) in [5.41, 5.74) is 2.35. The third-order valence-corrected chi connectivity index (χ3v) is 2.65. The van der Waals surface area contributed by atoms with Gasteiger partial charge in [0.15, 0.2) is 0 Å². The van der Waals surface area contributed by atoms with E-state index in [1.165, 1.54) is 0 Å². The molecule has 0 aliphatic carbocycles. The molecular weight excluding hydrogens is 240 g/mol. The highest BCUT2D eigenvalue weighted by molar-refractivity contribution is 5.94. The van der Waals surface area contributed by atoms with Crippen LogP contribution in [0.3, 0.4) is 0 Å². The van der Waals surface area contributed by atoms with Crippen molar-refractivity contribution in [3.05, 3.63) is 34.9 Å². The second-order valence-corrected chi connectivity index (χ2v) is 4.55. The summed E-state index contributed by atoms with van der Waals surface area (Å²) in [5.74, 6) is 5.34. The van der Waals surface area contributed by atoms with E-state index in [9.17, 15) is 4.79 Å². The Bertz CT molecular complexity index is 499. The lowest BCUT2D eigenvalue weighted by molar-refractivity contribution is 0.0951. The van der Waals surface area contributed by atoms with Gasteiger partial charge in [0.25, 0.3) is 5.91 Å². The minimum absolute atomic E-state index is 0.103. The number of aliphatic hydroxyl groups excluding tert-OH is 1. The minimum Gasteiger partial charge on any atom is -0.384 e. The van der Waals surface area contributed by atoms with Crippen molar-refractivity contribution in [3.8, 4) is 11.8 Å². The van der Waals surface area contributed by atoms with Crippen molar-refractivity contribution in [2.75, 3.05) is 33.8 Å². The van der Waals surface area contributed by atoms with Crippen molar-refractivity contribution in [2.24, 2.45) is 0 Å². The molecule has 19 heavy (non-hydrogen) atoms. The van der Waals surface area contributed by atoms with Crippen LogP contribution in [0.25, 0.3) is 0 Å². The summed E-state index contributed by atoms with van der Waals surface area (Å²) in [5, 5.41) is 11.6. The summed E-state index contributed by atoms with van der Waals surface area (Å²) in [6.45, 7) is 3.15. The van der Waals surface area contributed by atoms with E-state index in [0.29, 0.717) is 12.1 Å². The van der Waals surface area contributed by atoms with E-state index < -0.39 is 0 Å². The molecule has 0 fully saturated rings. The van der Waals surface area contributed by atoms with Crippen LogP contribution < -0.4 is 5.32 Å². The van der Waals surface area contributed by atoms with E-state index in [2.05, 4.69) is 17.2 Å². The molecule has 0 atom stereocenters. The number of hydrogen-bond acceptors (Lipinski definition) is 3. The van der Waals surface area contributed by atoms with Gasteiger partial charge in [-0.15, -0.1) is 0 Å². The lowest BCUT2D eigenvalue weighted by atomic mass is 10.0. The molecule has 2 N–H and O–H groups in total. The molecule has 0 aromatic heterocycles. The second kappa shape index (κ2) is 7.57. The van der Waals surface area contributed by atoms with Gasteiger partial charge in [0.05, 0.1) is 0 Å². The number of amides is 1. The van der Waals surface area contributed by atoms with Gasteiger partial charge < -0.3 is 15.3 Å². The Hall–Kier alpha value is -1.83. The Morgan fingerprint density at radius 1 is 1.42 bits per heavy atom. The largest absolute Gasteiger partial charge is 0.384 e. The van der Waals surface area contributed by atoms with Gasteiger partial charge in [-0.05, 0) is 38.7 Å². The van der Waals surface area contributed by atoms with E-state index in [4.69, 9.17) is 5.11 Å². The summed E-state index contributed by atoms with van der Waals surface area (Å²) in [7, 11) is 3.92. The molecule has 0 aliphatic rings. The van der Waals surface area contributed by atoms with E-state index in [1.54, 1.807) is 12.1 Å². The molecule has 0 bridgehead atoms. The van der Waals surface area contributed by atoms with Gasteiger partial charge in [-0.2, -0.15) is 0 Å². The van der Waals surface area contributed by atoms with Gasteiger partial charge in [-0.25, -0.2) is 0 Å². The zero-order valence-electron chi connectivity index (χ0n) is 11.7. The normalized spacial score (nSPS) is 9.95. The Morgan fingerprint density at radius 3 is 2.79 bits per heavy atom. The summed E-state index contributed by atoms with van der Waals surface area (Å²) < 4.78 is 0. The average molecular weight is 260 g/mol. The van der Waals surface area contributed by atoms with Gasteiger partial charge in [-0.1, -0.05) is 17.9 Å². The Labute approximate surface area is 114 Å². The van der Waals surface area contributed by atoms with Crippen LogP contribution in [-0.2, 0) is 0 Å². The monoisotopic (exact) mass is 260 g/mol. The zero-order chi connectivity index (χ0) is 14.3. The van der Waals surface area contributed by atoms with Crippen molar-refractivity contribution in [3.63, 3.8) is 0 Å². The lowest BCUT2D eigenvalue weighted by Crippen LogP contribution is -2.31. The van der Waals surface area contributed by atoms with E-state index in [1.807, 2.05) is 32.0 Å². The quantitative estimate of drug-likeness (QED) is 0.781. The molecule has 1 rings (SSSR count). The van der Waals surface area contributed by atoms with Crippen molar-refractivity contribution in [1.82, 2.24) is 10.2 Å². The highest BCUT2D eigenvalue weighted by Crippen LogP contribution is 2.10. The summed E-state index contributed by atoms with van der Waals surface area (Å²) in [6, 6.07) is 5.40. The number of nitrogens with zero attached hydrogens (tertiary/aromatic N) is 1. The molecule has 0 unspecified atom stereocenters. The van der Waals surface area contributed by atoms with Gasteiger partial charge in [0.1, 0.15) is 6.61 Å². The maximum Gasteiger partial charge on any atom is 0.251 e. The topological polar surface area (TPSA) is 52.6 Å². The third kappa shape index (κ3) is 5.12. The molecule has 0 spiro atoms. The summed E-state index contributed by atoms with van der Waals surface area (Å²) >= 11 is 0. The number of aryl methyl sites for hydroxylation is 1. The fourth-order valence-electron chi connectivity index (χ4n) is 1.53. The maximum absolute atomic E-state index is 11.9. The lowest BCUT2D eigenvalue weighted by Gasteiger charge is -2.10. The molecule has 1 amide bonds. The molecule has 1 aromatic rings. The Morgan fingerprint density at radius 2 is 2.16 bits per heavy atom. The molecule has 102 valence electrons. The van der Waals surface area contributed by atoms with Gasteiger partial charge >= 0.3 is 0 Å². The Kier molecular flexibility index (Phi) is 6.07. The van der Waals surface area contributed by atoms with Crippen molar-refractivity contribution in [1.29, 1.82) is 0 Å². The Balaban J connectivity index is 2.75. The highest BCUT2D eigenvalue weighted by atomic mass is 16.2. The second-order valence-electron chi connectivity index (χ2n) is 4.55. The fourth-order valence-corrected chi connectivity index (χ4v) is 1.53. The highest BCUT2D eigenvalue weighted by Gasteiger charge is 2.06. The fraction of sp³-hybridized carbons (Fsp3) is 0.400. The van der Waals surface area contributed by atoms with Crippen LogP contribution in [0, 0.1) is 18.8 Å². The number of carbonyl (C=O) groups is 1. The molecule has 4 nitrogen and oxygen atoms in total. The van der Waals surface area contributed by atoms with Crippen LogP contribution in [0.15, 0.2) is 18.2 Å². The van der Waals surface area contributed by atoms with Gasteiger partial charge in [0, 0.05) is 24.2 Å². The van der Waals surface area contributed by atoms with E-state index in [-0.39, 0.29) is 12.5 Å². The van der Waals surface area contributed by atoms with Crippen molar-refractivity contribution in [2.45, 2.75) is 6.92 Å². The number of aliphatic hydroxyl groups is 1. The molecule has 0 saturated heterocycles. The van der Waals surface area contributed by atoms with Crippen molar-refractivity contribution < 1.29 is 9.90 Å². The average Bonchev–Trinajstić information content (AvgIpc) is 2.37. The molecule has 0 aliphatic heterocycles. The number of carbonyl (C=O) groups excluding carboxylic acids is 1. The van der Waals surface area contributed by atoms with Crippen LogP contribution in [0.1, 0.15) is 21.5 Å². The SMILES string of the molecule is Cc1ccc(C(=O)NCCN(C)C)cc1C#CCO. The molecule has 4 heteroatoms. The predicted octanol–water partition coefficient (Wildman–Crippen LogP) is 0.630. The molecule has 0 heterocycles. The van der Waals surface area contributed by atoms with Gasteiger partial charge in [-0.3, -0.25) is 4.79 Å². The van der Waals surface area contributed by atoms with Crippen LogP contribution in [0.4, 0.5) is 0 Å². The number of nitrogens with one attached hydrogen (secondary N) is 1. The standard InChI is InChI=1S/C15H20N2O2/c1-12-6-7-14(11-13(12)5-4-10-18)15(19)16-8-9-17(2)3/h6-7,11,18H,8-10H2,1-3H3,(H,16,19). The molecular formula is C15H20N2O2. The minimum atomic E-state index is -0.182. The van der Waals surface area contributed by atoms with Crippen LogP contribution in [-0.4, -0.2) is 49.7 Å². The van der Waals surface area contributed by atoms with Crippen LogP contribution in [0.5, 0.6) is 0 Å². The van der Waals surface area contributed by atoms with Crippen molar-refractivity contribution >= 4 is 5.91 Å². The first-order chi connectivity index (χ1) is 9.04. The van der Waals surface area contributed by atoms with E-state index in [0.717, 1.165) is 17.7 Å². The zero-order valence-corrected chi connectivity index (χ0v) is 11.7. The predicted molar refractivity (Wildman–Crippen MR) is 76.0 cm³/mol. The molecule has 0 radical (unpaired) electrons. The maximum atomic E-state index is 11.9. The third-order valence-electron chi connectivity index (χ3n) is 2.65. The number of likely N-dealkylation sites (N-methyl/N-ethyl adjacent to an activating group) is 1. The van der Waals surface area contributed by atoms with Gasteiger partial charge in [0.2, 0.25) is 0 Å². The summed E-state index contributed by atoms with van der Waals surface area (Å²) in [4.78, 5) is 13.9. The number of rotatable bonds is 4. The first-order valence-electron chi connectivity index (χ1n) is 6.18. The smallest absolute Gasteiger partial charge is 0.251 e. The summed E-state index contributed by atoms with van der Waals surface area (Å²) in [6.07, 6.45) is 0. The molecule has 0 saturated carbocycles. The molecule has 1 aromatic carbocycles. The van der Waals surface area contributed by atoms with E-state index >= 15 is 0 Å². The number of benzene rings is 1. The number of hydrogen-bond donors (Lipinski definition) is 2. The van der Waals surface area contributed by atoms with Crippen LogP contribution in [0.2, 0.25) is 0 Å². The first-order valence-corrected chi connectivity index (χ1v) is 6.18.